The second kappa shape index (κ2) is 8.42. The quantitative estimate of drug-likeness (QED) is 0.815. The SMILES string of the molecule is C[C@@H](NC(=O)c1cc(S(=O)(=O)N2CCCCC2)ccc1Cl)c1ccccc1. The monoisotopic (exact) mass is 406 g/mol. The van der Waals surface area contributed by atoms with Crippen LogP contribution in [0.2, 0.25) is 5.02 Å². The van der Waals surface area contributed by atoms with Crippen LogP contribution in [0.5, 0.6) is 0 Å². The lowest BCUT2D eigenvalue weighted by Gasteiger charge is -2.26. The minimum Gasteiger partial charge on any atom is -0.345 e. The van der Waals surface area contributed by atoms with E-state index >= 15 is 0 Å². The maximum absolute atomic E-state index is 12.9. The second-order valence-corrected chi connectivity index (χ2v) is 9.06. The summed E-state index contributed by atoms with van der Waals surface area (Å²) in [7, 11) is -3.62. The number of nitrogens with zero attached hydrogens (tertiary/aromatic N) is 1. The van der Waals surface area contributed by atoms with Gasteiger partial charge in [-0.2, -0.15) is 4.31 Å². The molecule has 0 bridgehead atoms. The van der Waals surface area contributed by atoms with Crippen LogP contribution in [-0.2, 0) is 10.0 Å². The van der Waals surface area contributed by atoms with Crippen molar-refractivity contribution >= 4 is 27.5 Å². The zero-order chi connectivity index (χ0) is 19.4. The summed E-state index contributed by atoms with van der Waals surface area (Å²) >= 11 is 6.19. The van der Waals surface area contributed by atoms with E-state index in [9.17, 15) is 13.2 Å². The highest BCUT2D eigenvalue weighted by Crippen LogP contribution is 2.25. The van der Waals surface area contributed by atoms with E-state index in [0.29, 0.717) is 13.1 Å². The van der Waals surface area contributed by atoms with Gasteiger partial charge in [0.2, 0.25) is 10.0 Å². The Labute approximate surface area is 165 Å². The zero-order valence-electron chi connectivity index (χ0n) is 15.2. The average Bonchev–Trinajstić information content (AvgIpc) is 2.69. The Bertz CT molecular complexity index is 910. The topological polar surface area (TPSA) is 66.5 Å². The molecule has 5 nitrogen and oxygen atoms in total. The van der Waals surface area contributed by atoms with E-state index in [1.165, 1.54) is 22.5 Å². The van der Waals surface area contributed by atoms with Gasteiger partial charge in [0.1, 0.15) is 0 Å². The molecule has 27 heavy (non-hydrogen) atoms. The maximum atomic E-state index is 12.9. The molecule has 0 radical (unpaired) electrons. The molecule has 1 aliphatic heterocycles. The van der Waals surface area contributed by atoms with Crippen LogP contribution < -0.4 is 5.32 Å². The molecule has 0 saturated carbocycles. The molecule has 0 aromatic heterocycles. The number of rotatable bonds is 5. The number of halogens is 1. The Morgan fingerprint density at radius 1 is 1.07 bits per heavy atom. The van der Waals surface area contributed by atoms with E-state index < -0.39 is 15.9 Å². The lowest BCUT2D eigenvalue weighted by Crippen LogP contribution is -2.35. The molecule has 1 aliphatic rings. The van der Waals surface area contributed by atoms with Gasteiger partial charge in [0, 0.05) is 13.1 Å². The summed E-state index contributed by atoms with van der Waals surface area (Å²) in [4.78, 5) is 12.8. The molecule has 0 unspecified atom stereocenters. The van der Waals surface area contributed by atoms with Gasteiger partial charge in [0.25, 0.3) is 5.91 Å². The van der Waals surface area contributed by atoms with Crippen molar-refractivity contribution in [2.75, 3.05) is 13.1 Å². The van der Waals surface area contributed by atoms with Gasteiger partial charge >= 0.3 is 0 Å². The summed E-state index contributed by atoms with van der Waals surface area (Å²) < 4.78 is 27.2. The number of hydrogen-bond donors (Lipinski definition) is 1. The Hall–Kier alpha value is -1.89. The highest BCUT2D eigenvalue weighted by molar-refractivity contribution is 7.89. The van der Waals surface area contributed by atoms with Crippen LogP contribution in [-0.4, -0.2) is 31.7 Å². The highest BCUT2D eigenvalue weighted by Gasteiger charge is 2.27. The zero-order valence-corrected chi connectivity index (χ0v) is 16.8. The predicted molar refractivity (Wildman–Crippen MR) is 106 cm³/mol. The number of nitrogens with one attached hydrogen (secondary N) is 1. The molecule has 2 aromatic rings. The fraction of sp³-hybridized carbons (Fsp3) is 0.350. The van der Waals surface area contributed by atoms with Crippen molar-refractivity contribution in [3.8, 4) is 0 Å². The van der Waals surface area contributed by atoms with E-state index in [1.807, 2.05) is 37.3 Å². The molecular formula is C20H23ClN2O3S. The molecule has 1 amide bonds. The smallest absolute Gasteiger partial charge is 0.253 e. The number of hydrogen-bond acceptors (Lipinski definition) is 3. The first-order valence-corrected chi connectivity index (χ1v) is 10.9. The first-order chi connectivity index (χ1) is 12.9. The molecule has 7 heteroatoms. The summed E-state index contributed by atoms with van der Waals surface area (Å²) in [6.07, 6.45) is 2.75. The summed E-state index contributed by atoms with van der Waals surface area (Å²) in [5.74, 6) is -0.396. The van der Waals surface area contributed by atoms with Crippen LogP contribution in [0.1, 0.15) is 48.1 Å². The third kappa shape index (κ3) is 4.51. The van der Waals surface area contributed by atoms with Crippen LogP contribution in [0, 0.1) is 0 Å². The van der Waals surface area contributed by atoms with Crippen molar-refractivity contribution in [2.45, 2.75) is 37.1 Å². The van der Waals surface area contributed by atoms with E-state index in [1.54, 1.807) is 0 Å². The third-order valence-electron chi connectivity index (χ3n) is 4.78. The van der Waals surface area contributed by atoms with Crippen molar-refractivity contribution in [1.82, 2.24) is 9.62 Å². The summed E-state index contributed by atoms with van der Waals surface area (Å²) in [6.45, 7) is 2.89. The standard InChI is InChI=1S/C20H23ClN2O3S/c1-15(16-8-4-2-5-9-16)22-20(24)18-14-17(10-11-19(18)21)27(25,26)23-12-6-3-7-13-23/h2,4-5,8-11,14-15H,3,6-7,12-13H2,1H3,(H,22,24)/t15-/m1/s1. The molecule has 0 spiro atoms. The molecule has 1 N–H and O–H groups in total. The number of piperidine rings is 1. The van der Waals surface area contributed by atoms with Crippen LogP contribution >= 0.6 is 11.6 Å². The fourth-order valence-corrected chi connectivity index (χ4v) is 4.94. The van der Waals surface area contributed by atoms with E-state index in [2.05, 4.69) is 5.32 Å². The molecule has 1 saturated heterocycles. The first-order valence-electron chi connectivity index (χ1n) is 9.05. The van der Waals surface area contributed by atoms with Gasteiger partial charge in [-0.25, -0.2) is 8.42 Å². The fourth-order valence-electron chi connectivity index (χ4n) is 3.19. The Morgan fingerprint density at radius 2 is 1.74 bits per heavy atom. The Morgan fingerprint density at radius 3 is 2.41 bits per heavy atom. The van der Waals surface area contributed by atoms with Crippen molar-refractivity contribution < 1.29 is 13.2 Å². The predicted octanol–water partition coefficient (Wildman–Crippen LogP) is 4.01. The first kappa shape index (κ1) is 19.9. The van der Waals surface area contributed by atoms with E-state index in [4.69, 9.17) is 11.6 Å². The van der Waals surface area contributed by atoms with Crippen LogP contribution in [0.15, 0.2) is 53.4 Å². The second-order valence-electron chi connectivity index (χ2n) is 6.71. The van der Waals surface area contributed by atoms with E-state index in [-0.39, 0.29) is 21.5 Å². The lowest BCUT2D eigenvalue weighted by molar-refractivity contribution is 0.0940. The largest absolute Gasteiger partial charge is 0.345 e. The van der Waals surface area contributed by atoms with Gasteiger partial charge in [-0.1, -0.05) is 48.4 Å². The number of amides is 1. The minimum atomic E-state index is -3.62. The van der Waals surface area contributed by atoms with Gasteiger partial charge in [0.05, 0.1) is 21.5 Å². The molecule has 2 aromatic carbocycles. The number of sulfonamides is 1. The summed E-state index contributed by atoms with van der Waals surface area (Å²) in [5, 5.41) is 3.11. The molecule has 1 heterocycles. The molecule has 1 atom stereocenters. The molecule has 3 rings (SSSR count). The van der Waals surface area contributed by atoms with Gasteiger partial charge in [-0.05, 0) is 43.5 Å². The van der Waals surface area contributed by atoms with Crippen LogP contribution in [0.3, 0.4) is 0 Å². The molecular weight excluding hydrogens is 384 g/mol. The molecule has 144 valence electrons. The number of carbonyl (C=O) groups excluding carboxylic acids is 1. The minimum absolute atomic E-state index is 0.103. The molecule has 0 aliphatic carbocycles. The van der Waals surface area contributed by atoms with Gasteiger partial charge in [0.15, 0.2) is 0 Å². The Balaban J connectivity index is 1.83. The van der Waals surface area contributed by atoms with Crippen molar-refractivity contribution in [3.05, 3.63) is 64.7 Å². The Kier molecular flexibility index (Phi) is 6.19. The van der Waals surface area contributed by atoms with Crippen molar-refractivity contribution in [1.29, 1.82) is 0 Å². The normalized spacial score (nSPS) is 16.7. The lowest BCUT2D eigenvalue weighted by atomic mass is 10.1. The van der Waals surface area contributed by atoms with Gasteiger partial charge in [-0.15, -0.1) is 0 Å². The maximum Gasteiger partial charge on any atom is 0.253 e. The number of benzene rings is 2. The van der Waals surface area contributed by atoms with Gasteiger partial charge in [-0.3, -0.25) is 4.79 Å². The average molecular weight is 407 g/mol. The van der Waals surface area contributed by atoms with Crippen LogP contribution in [0.25, 0.3) is 0 Å². The molecule has 1 fully saturated rings. The summed E-state index contributed by atoms with van der Waals surface area (Å²) in [6, 6.07) is 13.6. The number of carbonyl (C=O) groups is 1. The van der Waals surface area contributed by atoms with Crippen molar-refractivity contribution in [3.63, 3.8) is 0 Å². The summed E-state index contributed by atoms with van der Waals surface area (Å²) in [5.41, 5.74) is 1.12. The third-order valence-corrected chi connectivity index (χ3v) is 7.01. The van der Waals surface area contributed by atoms with Gasteiger partial charge < -0.3 is 5.32 Å². The highest BCUT2D eigenvalue weighted by atomic mass is 35.5. The van der Waals surface area contributed by atoms with Crippen molar-refractivity contribution in [2.24, 2.45) is 0 Å². The van der Waals surface area contributed by atoms with Crippen LogP contribution in [0.4, 0.5) is 0 Å². The van der Waals surface area contributed by atoms with E-state index in [0.717, 1.165) is 24.8 Å².